The lowest BCUT2D eigenvalue weighted by molar-refractivity contribution is -0.149. The van der Waals surface area contributed by atoms with Crippen LogP contribution in [0.3, 0.4) is 0 Å². The standard InChI is InChI=1S/C46H88O7Si3/c1-16-40(52-55(20-5,21-6)22-7)38(13)43-44(50-43)46(15,48)45(14,53-56(23-8,24-9)25-10)34-33-36(11)37(12)41-32-30-28-26-27-29-31-39(35-42(47)49-41)51-54(17-2,18-3)19-4/h28,30,33-34,38-41,43-44,48H,16-27,29,31-32,35H2,1-15H3/b30-28+,34-33+,37-36+/t38-,39-,40+,41-,43+,44+,45-,46-/m1/s1. The molecule has 326 valence electrons. The van der Waals surface area contributed by atoms with E-state index in [4.69, 9.17) is 22.8 Å². The van der Waals surface area contributed by atoms with E-state index in [1.54, 1.807) is 0 Å². The van der Waals surface area contributed by atoms with E-state index in [2.05, 4.69) is 121 Å². The van der Waals surface area contributed by atoms with Crippen LogP contribution in [0.4, 0.5) is 0 Å². The van der Waals surface area contributed by atoms with E-state index < -0.39 is 36.2 Å². The van der Waals surface area contributed by atoms with Crippen LogP contribution in [0.5, 0.6) is 0 Å². The van der Waals surface area contributed by atoms with Crippen molar-refractivity contribution in [3.8, 4) is 0 Å². The molecule has 0 amide bonds. The summed E-state index contributed by atoms with van der Waals surface area (Å²) in [5.74, 6) is -0.0386. The predicted molar refractivity (Wildman–Crippen MR) is 244 cm³/mol. The van der Waals surface area contributed by atoms with Gasteiger partial charge in [-0.1, -0.05) is 107 Å². The molecule has 1 saturated heterocycles. The number of allylic oxidation sites excluding steroid dienone is 3. The average Bonchev–Trinajstić information content (AvgIpc) is 4.02. The molecule has 0 saturated carbocycles. The topological polar surface area (TPSA) is 86.8 Å². The molecule has 8 atom stereocenters. The van der Waals surface area contributed by atoms with Crippen molar-refractivity contribution < 1.29 is 32.7 Å². The van der Waals surface area contributed by atoms with E-state index in [1.165, 1.54) is 0 Å². The van der Waals surface area contributed by atoms with Crippen molar-refractivity contribution in [3.05, 3.63) is 35.5 Å². The maximum Gasteiger partial charge on any atom is 0.308 e. The molecule has 2 aliphatic heterocycles. The van der Waals surface area contributed by atoms with E-state index >= 15 is 0 Å². The first-order valence-corrected chi connectivity index (χ1v) is 30.7. The van der Waals surface area contributed by atoms with Crippen LogP contribution in [-0.2, 0) is 27.5 Å². The molecule has 0 aliphatic carbocycles. The minimum Gasteiger partial charge on any atom is -0.457 e. The Hall–Kier alpha value is -0.859. The fourth-order valence-corrected chi connectivity index (χ4v) is 18.0. The summed E-state index contributed by atoms with van der Waals surface area (Å²) in [5.41, 5.74) is -0.296. The van der Waals surface area contributed by atoms with Gasteiger partial charge in [0.25, 0.3) is 0 Å². The molecule has 2 aliphatic rings. The van der Waals surface area contributed by atoms with Crippen LogP contribution in [0.15, 0.2) is 35.5 Å². The SMILES string of the molecule is CC[C@H](O[Si](CC)(CC)CC)[C@@H](C)[C@@H]1O[C@@H]1[C@@](C)(O)[C@@](C)(/C=C/C(C)=C(\C)[C@H]1C/C=C/CCCC[C@@H](O[Si](CC)(CC)CC)CC(=O)O1)O[Si](CC)(CC)CC. The number of rotatable bonds is 23. The summed E-state index contributed by atoms with van der Waals surface area (Å²) in [6.07, 6.45) is 13.6. The molecule has 7 nitrogen and oxygen atoms in total. The highest BCUT2D eigenvalue weighted by molar-refractivity contribution is 6.74. The number of carbonyl (C=O) groups excluding carboxylic acids is 1. The van der Waals surface area contributed by atoms with Gasteiger partial charge in [-0.15, -0.1) is 0 Å². The smallest absolute Gasteiger partial charge is 0.308 e. The first-order valence-electron chi connectivity index (χ1n) is 23.1. The van der Waals surface area contributed by atoms with Gasteiger partial charge < -0.3 is 27.9 Å². The predicted octanol–water partition coefficient (Wildman–Crippen LogP) is 12.8. The minimum atomic E-state index is -2.20. The zero-order chi connectivity index (χ0) is 42.4. The Labute approximate surface area is 348 Å². The zero-order valence-corrected chi connectivity index (χ0v) is 42.0. The first kappa shape index (κ1) is 51.3. The molecule has 0 bridgehead atoms. The molecule has 0 aromatic heterocycles. The molecule has 2 rings (SSSR count). The summed E-state index contributed by atoms with van der Waals surface area (Å²) in [5, 5.41) is 12.7. The number of esters is 1. The minimum absolute atomic E-state index is 0.0894. The van der Waals surface area contributed by atoms with Crippen molar-refractivity contribution >= 4 is 30.9 Å². The van der Waals surface area contributed by atoms with E-state index in [1.807, 2.05) is 6.92 Å². The lowest BCUT2D eigenvalue weighted by Gasteiger charge is -2.46. The van der Waals surface area contributed by atoms with Crippen LogP contribution in [0, 0.1) is 5.92 Å². The molecule has 0 radical (unpaired) electrons. The fraction of sp³-hybridized carbons (Fsp3) is 0.848. The number of hydrogen-bond donors (Lipinski definition) is 1. The van der Waals surface area contributed by atoms with Crippen molar-refractivity contribution in [1.29, 1.82) is 0 Å². The Morgan fingerprint density at radius 2 is 1.41 bits per heavy atom. The highest BCUT2D eigenvalue weighted by atomic mass is 28.4. The van der Waals surface area contributed by atoms with Crippen LogP contribution in [0.2, 0.25) is 54.4 Å². The van der Waals surface area contributed by atoms with Gasteiger partial charge in [0.2, 0.25) is 0 Å². The number of aliphatic hydroxyl groups is 1. The molecule has 1 fully saturated rings. The van der Waals surface area contributed by atoms with Crippen molar-refractivity contribution in [2.75, 3.05) is 0 Å². The molecular weight excluding hydrogens is 749 g/mol. The van der Waals surface area contributed by atoms with Crippen molar-refractivity contribution in [3.63, 3.8) is 0 Å². The van der Waals surface area contributed by atoms with Crippen LogP contribution in [-0.4, -0.2) is 77.7 Å². The van der Waals surface area contributed by atoms with Gasteiger partial charge in [-0.3, -0.25) is 4.79 Å². The molecule has 1 N–H and O–H groups in total. The molecule has 0 unspecified atom stereocenters. The largest absolute Gasteiger partial charge is 0.457 e. The Balaban J connectivity index is 2.49. The maximum atomic E-state index is 13.6. The monoisotopic (exact) mass is 837 g/mol. The second-order valence-corrected chi connectivity index (χ2v) is 31.8. The zero-order valence-electron chi connectivity index (χ0n) is 39.0. The lowest BCUT2D eigenvalue weighted by Crippen LogP contribution is -2.60. The third-order valence-electron chi connectivity index (χ3n) is 14.7. The fourth-order valence-electron chi connectivity index (χ4n) is 8.98. The van der Waals surface area contributed by atoms with Crippen molar-refractivity contribution in [2.24, 2.45) is 5.92 Å². The van der Waals surface area contributed by atoms with E-state index in [0.717, 1.165) is 97.6 Å². The van der Waals surface area contributed by atoms with Crippen molar-refractivity contribution in [2.45, 2.75) is 245 Å². The Bertz CT molecular complexity index is 1240. The number of carbonyl (C=O) groups is 1. The normalized spacial score (nSPS) is 26.2. The highest BCUT2D eigenvalue weighted by Crippen LogP contribution is 2.48. The quantitative estimate of drug-likeness (QED) is 0.0361. The summed E-state index contributed by atoms with van der Waals surface area (Å²) in [6, 6.07) is 9.44. The van der Waals surface area contributed by atoms with Crippen LogP contribution in [0.1, 0.15) is 149 Å². The number of cyclic esters (lactones) is 1. The third-order valence-corrected chi connectivity index (χ3v) is 28.8. The average molecular weight is 837 g/mol. The van der Waals surface area contributed by atoms with Gasteiger partial charge in [0.05, 0.1) is 18.6 Å². The second-order valence-electron chi connectivity index (χ2n) is 17.6. The highest BCUT2D eigenvalue weighted by Gasteiger charge is 2.63. The summed E-state index contributed by atoms with van der Waals surface area (Å²) in [7, 11) is -5.89. The molecule has 56 heavy (non-hydrogen) atoms. The van der Waals surface area contributed by atoms with Crippen molar-refractivity contribution in [1.82, 2.24) is 0 Å². The Kier molecular flexibility index (Phi) is 21.3. The molecule has 0 spiro atoms. The van der Waals surface area contributed by atoms with Gasteiger partial charge in [-0.25, -0.2) is 0 Å². The Morgan fingerprint density at radius 1 is 0.857 bits per heavy atom. The van der Waals surface area contributed by atoms with Gasteiger partial charge in [-0.05, 0) is 119 Å². The van der Waals surface area contributed by atoms with Gasteiger partial charge in [-0.2, -0.15) is 0 Å². The third kappa shape index (κ3) is 13.1. The van der Waals surface area contributed by atoms with Crippen LogP contribution < -0.4 is 0 Å². The van der Waals surface area contributed by atoms with E-state index in [-0.39, 0.29) is 42.4 Å². The summed E-state index contributed by atoms with van der Waals surface area (Å²) < 4.78 is 34.0. The van der Waals surface area contributed by atoms with Gasteiger partial charge in [0, 0.05) is 18.4 Å². The maximum absolute atomic E-state index is 13.6. The summed E-state index contributed by atoms with van der Waals surface area (Å²) in [6.45, 7) is 32.9. The van der Waals surface area contributed by atoms with E-state index in [0.29, 0.717) is 12.8 Å². The van der Waals surface area contributed by atoms with Gasteiger partial charge in [0.1, 0.15) is 23.4 Å². The summed E-state index contributed by atoms with van der Waals surface area (Å²) >= 11 is 0. The molecule has 10 heteroatoms. The molecule has 0 aromatic carbocycles. The second kappa shape index (κ2) is 23.2. The van der Waals surface area contributed by atoms with Gasteiger partial charge in [0.15, 0.2) is 25.0 Å². The number of ether oxygens (including phenoxy) is 2. The lowest BCUT2D eigenvalue weighted by atomic mass is 9.79. The number of hydrogen-bond acceptors (Lipinski definition) is 7. The van der Waals surface area contributed by atoms with Gasteiger partial charge >= 0.3 is 5.97 Å². The van der Waals surface area contributed by atoms with E-state index in [9.17, 15) is 9.90 Å². The molecule has 0 aromatic rings. The summed E-state index contributed by atoms with van der Waals surface area (Å²) in [4.78, 5) is 13.6. The van der Waals surface area contributed by atoms with Crippen LogP contribution in [0.25, 0.3) is 0 Å². The molecular formula is C46H88O7Si3. The molecule has 2 heterocycles. The van der Waals surface area contributed by atoms with Crippen LogP contribution >= 0.6 is 0 Å². The number of epoxide rings is 1. The Morgan fingerprint density at radius 3 is 1.93 bits per heavy atom. The first-order chi connectivity index (χ1) is 26.4.